The molecule has 1 heterocycles. The molecule has 1 aromatic heterocycles. The molecule has 0 N–H and O–H groups in total. The molecule has 0 saturated heterocycles. The Morgan fingerprint density at radius 2 is 1.76 bits per heavy atom. The van der Waals surface area contributed by atoms with Gasteiger partial charge in [-0.2, -0.15) is 0 Å². The largest absolute Gasteiger partial charge is 0.465 e. The minimum absolute atomic E-state index is 0.345. The molecule has 0 atom stereocenters. The third kappa shape index (κ3) is 2.71. The standard InChI is InChI=1S/C17H13NO2S/c1-20-17(19)14-10-6-5-9-13(14)16-18-15(11-21-16)12-7-3-2-4-8-12/h2-11H,1H3. The van der Waals surface area contributed by atoms with Gasteiger partial charge in [0.1, 0.15) is 5.01 Å². The van der Waals surface area contributed by atoms with Gasteiger partial charge in [0.25, 0.3) is 0 Å². The van der Waals surface area contributed by atoms with E-state index in [2.05, 4.69) is 4.98 Å². The fourth-order valence-corrected chi connectivity index (χ4v) is 2.96. The lowest BCUT2D eigenvalue weighted by atomic mass is 10.1. The van der Waals surface area contributed by atoms with E-state index in [-0.39, 0.29) is 5.97 Å². The third-order valence-electron chi connectivity index (χ3n) is 3.14. The summed E-state index contributed by atoms with van der Waals surface area (Å²) in [6.07, 6.45) is 0. The monoisotopic (exact) mass is 295 g/mol. The highest BCUT2D eigenvalue weighted by atomic mass is 32.1. The molecular weight excluding hydrogens is 282 g/mol. The Bertz CT molecular complexity index is 765. The first kappa shape index (κ1) is 13.5. The molecule has 0 aliphatic heterocycles. The van der Waals surface area contributed by atoms with Crippen LogP contribution < -0.4 is 0 Å². The summed E-state index contributed by atoms with van der Waals surface area (Å²) in [6, 6.07) is 17.3. The zero-order chi connectivity index (χ0) is 14.7. The van der Waals surface area contributed by atoms with Gasteiger partial charge in [-0.3, -0.25) is 0 Å². The lowest BCUT2D eigenvalue weighted by Gasteiger charge is -2.04. The van der Waals surface area contributed by atoms with E-state index in [0.717, 1.165) is 21.8 Å². The van der Waals surface area contributed by atoms with E-state index >= 15 is 0 Å². The number of hydrogen-bond donors (Lipinski definition) is 0. The van der Waals surface area contributed by atoms with E-state index in [1.54, 1.807) is 6.07 Å². The van der Waals surface area contributed by atoms with Crippen molar-refractivity contribution in [2.45, 2.75) is 0 Å². The fraction of sp³-hybridized carbons (Fsp3) is 0.0588. The van der Waals surface area contributed by atoms with Gasteiger partial charge in [-0.05, 0) is 6.07 Å². The second kappa shape index (κ2) is 5.89. The molecule has 3 nitrogen and oxygen atoms in total. The number of rotatable bonds is 3. The summed E-state index contributed by atoms with van der Waals surface area (Å²) in [5.74, 6) is -0.345. The SMILES string of the molecule is COC(=O)c1ccccc1-c1nc(-c2ccccc2)cs1. The minimum atomic E-state index is -0.345. The van der Waals surface area contributed by atoms with Gasteiger partial charge in [-0.25, -0.2) is 9.78 Å². The van der Waals surface area contributed by atoms with Crippen molar-refractivity contribution >= 4 is 17.3 Å². The summed E-state index contributed by atoms with van der Waals surface area (Å²) < 4.78 is 4.83. The first-order chi connectivity index (χ1) is 10.3. The Morgan fingerprint density at radius 3 is 2.52 bits per heavy atom. The summed E-state index contributed by atoms with van der Waals surface area (Å²) >= 11 is 1.52. The van der Waals surface area contributed by atoms with Crippen LogP contribution in [-0.2, 0) is 4.74 Å². The zero-order valence-corrected chi connectivity index (χ0v) is 12.3. The van der Waals surface area contributed by atoms with Crippen LogP contribution in [0.1, 0.15) is 10.4 Å². The summed E-state index contributed by atoms with van der Waals surface area (Å²) in [4.78, 5) is 16.5. The first-order valence-corrected chi connectivity index (χ1v) is 7.36. The first-order valence-electron chi connectivity index (χ1n) is 6.48. The third-order valence-corrected chi connectivity index (χ3v) is 4.01. The molecule has 3 rings (SSSR count). The molecule has 21 heavy (non-hydrogen) atoms. The van der Waals surface area contributed by atoms with Gasteiger partial charge < -0.3 is 4.74 Å². The van der Waals surface area contributed by atoms with Gasteiger partial charge >= 0.3 is 5.97 Å². The smallest absolute Gasteiger partial charge is 0.338 e. The predicted octanol–water partition coefficient (Wildman–Crippen LogP) is 4.26. The van der Waals surface area contributed by atoms with Crippen molar-refractivity contribution in [3.8, 4) is 21.8 Å². The van der Waals surface area contributed by atoms with E-state index < -0.39 is 0 Å². The van der Waals surface area contributed by atoms with Crippen LogP contribution in [0.25, 0.3) is 21.8 Å². The zero-order valence-electron chi connectivity index (χ0n) is 11.4. The minimum Gasteiger partial charge on any atom is -0.465 e. The van der Waals surface area contributed by atoms with Crippen LogP contribution >= 0.6 is 11.3 Å². The van der Waals surface area contributed by atoms with Gasteiger partial charge in [0.2, 0.25) is 0 Å². The number of nitrogens with zero attached hydrogens (tertiary/aromatic N) is 1. The summed E-state index contributed by atoms with van der Waals surface area (Å²) in [7, 11) is 1.39. The number of carbonyl (C=O) groups excluding carboxylic acids is 1. The molecule has 0 bridgehead atoms. The van der Waals surface area contributed by atoms with E-state index in [1.807, 2.05) is 53.9 Å². The Hall–Kier alpha value is -2.46. The molecule has 3 aromatic rings. The average molecular weight is 295 g/mol. The van der Waals surface area contributed by atoms with Crippen molar-refractivity contribution in [1.29, 1.82) is 0 Å². The Balaban J connectivity index is 2.03. The van der Waals surface area contributed by atoms with Crippen molar-refractivity contribution in [3.63, 3.8) is 0 Å². The molecule has 0 radical (unpaired) electrons. The number of ether oxygens (including phenoxy) is 1. The number of aromatic nitrogens is 1. The lowest BCUT2D eigenvalue weighted by Crippen LogP contribution is -2.03. The number of carbonyl (C=O) groups is 1. The second-order valence-electron chi connectivity index (χ2n) is 4.44. The molecule has 0 aliphatic rings. The maximum Gasteiger partial charge on any atom is 0.338 e. The highest BCUT2D eigenvalue weighted by molar-refractivity contribution is 7.13. The highest BCUT2D eigenvalue weighted by Crippen LogP contribution is 2.31. The number of hydrogen-bond acceptors (Lipinski definition) is 4. The topological polar surface area (TPSA) is 39.2 Å². The average Bonchev–Trinajstić information content (AvgIpc) is 3.05. The summed E-state index contributed by atoms with van der Waals surface area (Å²) in [5.41, 5.74) is 3.32. The van der Waals surface area contributed by atoms with Crippen LogP contribution in [-0.4, -0.2) is 18.1 Å². The second-order valence-corrected chi connectivity index (χ2v) is 5.30. The van der Waals surface area contributed by atoms with Crippen LogP contribution in [0.2, 0.25) is 0 Å². The van der Waals surface area contributed by atoms with E-state index in [4.69, 9.17) is 4.74 Å². The van der Waals surface area contributed by atoms with Crippen molar-refractivity contribution in [3.05, 3.63) is 65.5 Å². The molecular formula is C17H13NO2S. The number of methoxy groups -OCH3 is 1. The van der Waals surface area contributed by atoms with E-state index in [1.165, 1.54) is 18.4 Å². The number of benzene rings is 2. The quantitative estimate of drug-likeness (QED) is 0.678. The molecule has 0 saturated carbocycles. The van der Waals surface area contributed by atoms with Crippen molar-refractivity contribution in [2.75, 3.05) is 7.11 Å². The van der Waals surface area contributed by atoms with E-state index in [9.17, 15) is 4.79 Å². The van der Waals surface area contributed by atoms with Crippen LogP contribution in [0.15, 0.2) is 60.0 Å². The van der Waals surface area contributed by atoms with Crippen LogP contribution in [0.5, 0.6) is 0 Å². The van der Waals surface area contributed by atoms with Crippen molar-refractivity contribution in [1.82, 2.24) is 4.98 Å². The normalized spacial score (nSPS) is 10.3. The Kier molecular flexibility index (Phi) is 3.79. The Morgan fingerprint density at radius 1 is 1.05 bits per heavy atom. The molecule has 0 amide bonds. The molecule has 0 unspecified atom stereocenters. The van der Waals surface area contributed by atoms with Crippen molar-refractivity contribution in [2.24, 2.45) is 0 Å². The fourth-order valence-electron chi connectivity index (χ4n) is 2.10. The van der Waals surface area contributed by atoms with Crippen LogP contribution in [0, 0.1) is 0 Å². The van der Waals surface area contributed by atoms with Gasteiger partial charge in [0.05, 0.1) is 18.4 Å². The molecule has 0 spiro atoms. The summed E-state index contributed by atoms with van der Waals surface area (Å²) in [6.45, 7) is 0. The van der Waals surface area contributed by atoms with Crippen LogP contribution in [0.4, 0.5) is 0 Å². The molecule has 104 valence electrons. The van der Waals surface area contributed by atoms with Crippen LogP contribution in [0.3, 0.4) is 0 Å². The lowest BCUT2D eigenvalue weighted by molar-refractivity contribution is 0.0601. The number of esters is 1. The maximum atomic E-state index is 11.8. The summed E-state index contributed by atoms with van der Waals surface area (Å²) in [5, 5.41) is 2.81. The maximum absolute atomic E-state index is 11.8. The highest BCUT2D eigenvalue weighted by Gasteiger charge is 2.15. The predicted molar refractivity (Wildman–Crippen MR) is 84.3 cm³/mol. The molecule has 0 fully saturated rings. The van der Waals surface area contributed by atoms with Crippen molar-refractivity contribution < 1.29 is 9.53 Å². The Labute approximate surface area is 126 Å². The molecule has 2 aromatic carbocycles. The van der Waals surface area contributed by atoms with Gasteiger partial charge in [0, 0.05) is 16.5 Å². The van der Waals surface area contributed by atoms with Gasteiger partial charge in [-0.1, -0.05) is 48.5 Å². The number of thiazole rings is 1. The molecule has 0 aliphatic carbocycles. The van der Waals surface area contributed by atoms with E-state index in [0.29, 0.717) is 5.56 Å². The molecule has 4 heteroatoms. The van der Waals surface area contributed by atoms with Gasteiger partial charge in [0.15, 0.2) is 0 Å². The van der Waals surface area contributed by atoms with Gasteiger partial charge in [-0.15, -0.1) is 11.3 Å².